The van der Waals surface area contributed by atoms with Gasteiger partial charge in [-0.25, -0.2) is 14.4 Å². The third-order valence-corrected chi connectivity index (χ3v) is 10.8. The van der Waals surface area contributed by atoms with Crippen molar-refractivity contribution < 1.29 is 47.7 Å². The average molecular weight is 801 g/mol. The van der Waals surface area contributed by atoms with Crippen molar-refractivity contribution in [3.63, 3.8) is 0 Å². The van der Waals surface area contributed by atoms with Gasteiger partial charge < -0.3 is 44.5 Å². The first kappa shape index (κ1) is 42.4. The monoisotopic (exact) mass is 800 g/mol. The zero-order valence-corrected chi connectivity index (χ0v) is 33.3. The fourth-order valence-electron chi connectivity index (χ4n) is 8.04. The zero-order chi connectivity index (χ0) is 40.7. The van der Waals surface area contributed by atoms with Gasteiger partial charge in [-0.2, -0.15) is 0 Å². The number of rotatable bonds is 17. The van der Waals surface area contributed by atoms with E-state index in [9.17, 15) is 24.0 Å². The highest BCUT2D eigenvalue weighted by molar-refractivity contribution is 5.86. The molecule has 58 heavy (non-hydrogen) atoms. The minimum atomic E-state index is -1.13. The second-order valence-electron chi connectivity index (χ2n) is 15.2. The van der Waals surface area contributed by atoms with Crippen LogP contribution in [0.25, 0.3) is 10.8 Å². The molecular formula is C44H56N4O10. The van der Waals surface area contributed by atoms with E-state index >= 15 is 0 Å². The maximum absolute atomic E-state index is 13.3. The van der Waals surface area contributed by atoms with Crippen LogP contribution in [0, 0.1) is 0 Å². The number of likely N-dealkylation sites (tertiary alicyclic amines) is 1. The third-order valence-electron chi connectivity index (χ3n) is 10.8. The number of hydrogen-bond acceptors (Lipinski definition) is 10. The van der Waals surface area contributed by atoms with E-state index in [1.807, 2.05) is 77.7 Å². The van der Waals surface area contributed by atoms with Crippen LogP contribution in [0.3, 0.4) is 0 Å². The van der Waals surface area contributed by atoms with Gasteiger partial charge >= 0.3 is 18.2 Å². The summed E-state index contributed by atoms with van der Waals surface area (Å²) in [6.45, 7) is 3.92. The molecule has 14 heteroatoms. The molecule has 3 aliphatic rings. The van der Waals surface area contributed by atoms with Crippen LogP contribution in [0.15, 0.2) is 72.8 Å². The molecule has 0 bridgehead atoms. The molecule has 0 saturated carbocycles. The maximum atomic E-state index is 13.3. The zero-order valence-electron chi connectivity index (χ0n) is 33.3. The Balaban J connectivity index is 1.06. The molecule has 0 radical (unpaired) electrons. The van der Waals surface area contributed by atoms with Gasteiger partial charge in [-0.3, -0.25) is 9.59 Å². The molecule has 14 nitrogen and oxygen atoms in total. The largest absolute Gasteiger partial charge is 0.464 e. The predicted molar refractivity (Wildman–Crippen MR) is 214 cm³/mol. The molecule has 3 aromatic carbocycles. The van der Waals surface area contributed by atoms with Crippen molar-refractivity contribution in [2.24, 2.45) is 0 Å². The van der Waals surface area contributed by atoms with E-state index in [1.54, 1.807) is 6.92 Å². The lowest BCUT2D eigenvalue weighted by Crippen LogP contribution is -2.54. The Labute approximate surface area is 339 Å². The Kier molecular flexibility index (Phi) is 15.3. The van der Waals surface area contributed by atoms with Gasteiger partial charge in [0.25, 0.3) is 0 Å². The molecule has 3 saturated heterocycles. The molecule has 1 spiro atoms. The highest BCUT2D eigenvalue weighted by atomic mass is 16.7. The lowest BCUT2D eigenvalue weighted by molar-refractivity contribution is -0.329. The number of amides is 4. The van der Waals surface area contributed by atoms with Crippen LogP contribution in [0.1, 0.15) is 82.3 Å². The number of hydrogen-bond donors (Lipinski definition) is 3. The summed E-state index contributed by atoms with van der Waals surface area (Å²) in [4.78, 5) is 65.7. The molecule has 0 aliphatic carbocycles. The molecule has 312 valence electrons. The second-order valence-corrected chi connectivity index (χ2v) is 15.2. The standard InChI is InChI=1S/C44H56N4O10/c1-2-54-41(51)38(26-31-12-4-3-5-13-31)47-39(49)21-20-34-27-36(56-43(53)46-29-33-16-8-15-32-14-6-7-18-37(32)33)28-44(57-34)22-9-17-35(58-44)30-55-42(52)45-23-11-25-48-24-10-19-40(48)50/h3-8,12-16,18,34-36,38H,2,9-11,17,19-30H2,1H3,(H,45,52)(H,46,53)(H,47,49)/t34-,35-,36-,38+,44+/m1/s1. The van der Waals surface area contributed by atoms with Gasteiger partial charge in [0.15, 0.2) is 5.79 Å². The van der Waals surface area contributed by atoms with E-state index in [0.29, 0.717) is 51.6 Å². The highest BCUT2D eigenvalue weighted by Crippen LogP contribution is 2.41. The number of carbonyl (C=O) groups excluding carboxylic acids is 5. The van der Waals surface area contributed by atoms with E-state index < -0.39 is 48.3 Å². The van der Waals surface area contributed by atoms with Gasteiger partial charge in [0.2, 0.25) is 11.8 Å². The van der Waals surface area contributed by atoms with Crippen LogP contribution in [0.4, 0.5) is 9.59 Å². The van der Waals surface area contributed by atoms with Crippen LogP contribution in [-0.4, -0.2) is 97.9 Å². The fourth-order valence-corrected chi connectivity index (χ4v) is 8.04. The Morgan fingerprint density at radius 1 is 0.914 bits per heavy atom. The Morgan fingerprint density at radius 2 is 1.71 bits per heavy atom. The van der Waals surface area contributed by atoms with Crippen LogP contribution >= 0.6 is 0 Å². The van der Waals surface area contributed by atoms with Crippen molar-refractivity contribution >= 4 is 40.7 Å². The van der Waals surface area contributed by atoms with Crippen molar-refractivity contribution in [3.8, 4) is 0 Å². The van der Waals surface area contributed by atoms with Crippen LogP contribution in [-0.2, 0) is 51.0 Å². The number of carbonyl (C=O) groups is 5. The molecular weight excluding hydrogens is 745 g/mol. The number of nitrogens with zero attached hydrogens (tertiary/aromatic N) is 1. The maximum Gasteiger partial charge on any atom is 0.407 e. The van der Waals surface area contributed by atoms with E-state index in [1.165, 1.54) is 0 Å². The quantitative estimate of drug-likeness (QED) is 0.0876. The third kappa shape index (κ3) is 12.4. The van der Waals surface area contributed by atoms with Gasteiger partial charge in [-0.05, 0) is 60.9 Å². The Bertz CT molecular complexity index is 1850. The summed E-state index contributed by atoms with van der Waals surface area (Å²) in [7, 11) is 0. The number of ether oxygens (including phenoxy) is 5. The van der Waals surface area contributed by atoms with Crippen LogP contribution < -0.4 is 16.0 Å². The first-order chi connectivity index (χ1) is 28.2. The number of nitrogens with one attached hydrogen (secondary N) is 3. The van der Waals surface area contributed by atoms with E-state index in [2.05, 4.69) is 16.0 Å². The molecule has 3 fully saturated rings. The summed E-state index contributed by atoms with van der Waals surface area (Å²) in [6.07, 6.45) is 2.43. The molecule has 4 amide bonds. The number of esters is 1. The molecule has 3 N–H and O–H groups in total. The molecule has 6 rings (SSSR count). The molecule has 0 aromatic heterocycles. The lowest BCUT2D eigenvalue weighted by atomic mass is 9.90. The van der Waals surface area contributed by atoms with Gasteiger partial charge in [0, 0.05) is 64.7 Å². The topological polar surface area (TPSA) is 171 Å². The van der Waals surface area contributed by atoms with E-state index in [0.717, 1.165) is 34.9 Å². The van der Waals surface area contributed by atoms with Gasteiger partial charge in [0.05, 0.1) is 18.8 Å². The average Bonchev–Trinajstić information content (AvgIpc) is 3.64. The normalized spacial score (nSPS) is 22.3. The molecule has 5 atom stereocenters. The minimum Gasteiger partial charge on any atom is -0.464 e. The Hall–Kier alpha value is -5.21. The molecule has 3 aliphatic heterocycles. The SMILES string of the molecule is CCOC(=O)[C@H](Cc1ccccc1)NC(=O)CC[C@@H]1C[C@@H](OC(=O)NCc2cccc3ccccc23)C[C@@]2(CCC[C@H](COC(=O)NCCCN3CCCC3=O)O2)O1. The molecule has 0 unspecified atom stereocenters. The van der Waals surface area contributed by atoms with Crippen molar-refractivity contribution in [2.75, 3.05) is 32.8 Å². The van der Waals surface area contributed by atoms with Gasteiger partial charge in [-0.1, -0.05) is 72.8 Å². The summed E-state index contributed by atoms with van der Waals surface area (Å²) >= 11 is 0. The number of benzene rings is 3. The number of fused-ring (bicyclic) bond motifs is 1. The van der Waals surface area contributed by atoms with Crippen molar-refractivity contribution in [2.45, 2.75) is 114 Å². The van der Waals surface area contributed by atoms with Crippen LogP contribution in [0.5, 0.6) is 0 Å². The van der Waals surface area contributed by atoms with Gasteiger partial charge in [0.1, 0.15) is 18.8 Å². The van der Waals surface area contributed by atoms with E-state index in [-0.39, 0.29) is 57.3 Å². The fraction of sp³-hybridized carbons (Fsp3) is 0.523. The molecule has 3 heterocycles. The molecule has 3 aromatic rings. The second kappa shape index (κ2) is 21.0. The summed E-state index contributed by atoms with van der Waals surface area (Å²) in [5.74, 6) is -1.83. The van der Waals surface area contributed by atoms with Crippen molar-refractivity contribution in [1.82, 2.24) is 20.9 Å². The summed E-state index contributed by atoms with van der Waals surface area (Å²) in [6, 6.07) is 22.5. The predicted octanol–water partition coefficient (Wildman–Crippen LogP) is 5.69. The summed E-state index contributed by atoms with van der Waals surface area (Å²) in [5, 5.41) is 10.6. The van der Waals surface area contributed by atoms with Gasteiger partial charge in [-0.15, -0.1) is 0 Å². The first-order valence-corrected chi connectivity index (χ1v) is 20.6. The smallest absolute Gasteiger partial charge is 0.407 e. The first-order valence-electron chi connectivity index (χ1n) is 20.6. The number of alkyl carbamates (subject to hydrolysis) is 2. The van der Waals surface area contributed by atoms with Crippen LogP contribution in [0.2, 0.25) is 0 Å². The van der Waals surface area contributed by atoms with Crippen molar-refractivity contribution in [1.29, 1.82) is 0 Å². The van der Waals surface area contributed by atoms with Crippen molar-refractivity contribution in [3.05, 3.63) is 83.9 Å². The summed E-state index contributed by atoms with van der Waals surface area (Å²) in [5.41, 5.74) is 1.85. The Morgan fingerprint density at radius 3 is 2.52 bits per heavy atom. The summed E-state index contributed by atoms with van der Waals surface area (Å²) < 4.78 is 30.0. The minimum absolute atomic E-state index is 0.00231. The van der Waals surface area contributed by atoms with E-state index in [4.69, 9.17) is 23.7 Å². The highest BCUT2D eigenvalue weighted by Gasteiger charge is 2.47. The lowest BCUT2D eigenvalue weighted by Gasteiger charge is -2.47.